The smallest absolute Gasteiger partial charge is 0.271 e. The fraction of sp³-hybridized carbons (Fsp3) is 0.167. The second-order valence-electron chi connectivity index (χ2n) is 5.90. The normalized spacial score (nSPS) is 15.0. The SMILES string of the molecule is CC1=C(C)C(=O)N(Nc2ccc(C(F)(F)F)c(-c3ccc(Cl)cc3)n2)C1=O. The van der Waals surface area contributed by atoms with Crippen molar-refractivity contribution in [2.75, 3.05) is 5.43 Å². The van der Waals surface area contributed by atoms with E-state index in [1.807, 2.05) is 0 Å². The first-order valence-corrected chi connectivity index (χ1v) is 8.14. The van der Waals surface area contributed by atoms with Gasteiger partial charge in [0.05, 0.1) is 11.3 Å². The van der Waals surface area contributed by atoms with Gasteiger partial charge in [-0.2, -0.15) is 18.2 Å². The average Bonchev–Trinajstić information content (AvgIpc) is 2.79. The van der Waals surface area contributed by atoms with Gasteiger partial charge in [0.2, 0.25) is 0 Å². The molecule has 1 N–H and O–H groups in total. The first-order chi connectivity index (χ1) is 12.6. The highest BCUT2D eigenvalue weighted by Crippen LogP contribution is 2.37. The van der Waals surface area contributed by atoms with Gasteiger partial charge in [-0.25, -0.2) is 4.98 Å². The van der Waals surface area contributed by atoms with Crippen molar-refractivity contribution >= 4 is 29.2 Å². The fourth-order valence-electron chi connectivity index (χ4n) is 2.54. The summed E-state index contributed by atoms with van der Waals surface area (Å²) in [5.41, 5.74) is 1.92. The number of carbonyl (C=O) groups excluding carboxylic acids is 2. The van der Waals surface area contributed by atoms with Gasteiger partial charge in [0, 0.05) is 21.7 Å². The van der Waals surface area contributed by atoms with E-state index in [1.54, 1.807) is 0 Å². The van der Waals surface area contributed by atoms with Gasteiger partial charge in [-0.3, -0.25) is 15.0 Å². The second-order valence-corrected chi connectivity index (χ2v) is 6.34. The lowest BCUT2D eigenvalue weighted by atomic mass is 10.1. The van der Waals surface area contributed by atoms with E-state index in [0.717, 1.165) is 17.1 Å². The van der Waals surface area contributed by atoms with E-state index in [2.05, 4.69) is 10.4 Å². The molecule has 0 atom stereocenters. The van der Waals surface area contributed by atoms with Crippen molar-refractivity contribution in [1.82, 2.24) is 9.99 Å². The molecule has 0 aliphatic carbocycles. The lowest BCUT2D eigenvalue weighted by molar-refractivity contribution is -0.138. The Morgan fingerprint density at radius 1 is 0.963 bits per heavy atom. The summed E-state index contributed by atoms with van der Waals surface area (Å²) in [4.78, 5) is 28.2. The minimum absolute atomic E-state index is 0.0721. The van der Waals surface area contributed by atoms with Crippen LogP contribution in [0.15, 0.2) is 47.5 Å². The van der Waals surface area contributed by atoms with Crippen LogP contribution in [0.5, 0.6) is 0 Å². The molecule has 5 nitrogen and oxygen atoms in total. The Bertz CT molecular complexity index is 945. The van der Waals surface area contributed by atoms with Crippen LogP contribution in [0.3, 0.4) is 0 Å². The van der Waals surface area contributed by atoms with E-state index in [0.29, 0.717) is 5.02 Å². The van der Waals surface area contributed by atoms with Crippen LogP contribution in [0.1, 0.15) is 19.4 Å². The Balaban J connectivity index is 2.02. The van der Waals surface area contributed by atoms with Crippen LogP contribution in [-0.4, -0.2) is 21.8 Å². The zero-order chi connectivity index (χ0) is 19.9. The van der Waals surface area contributed by atoms with Crippen LogP contribution in [0.2, 0.25) is 5.02 Å². The van der Waals surface area contributed by atoms with Crippen LogP contribution in [-0.2, 0) is 15.8 Å². The number of aromatic nitrogens is 1. The van der Waals surface area contributed by atoms with E-state index >= 15 is 0 Å². The standard InChI is InChI=1S/C18H13ClF3N3O2/c1-9-10(2)17(27)25(16(9)26)24-14-8-7-13(18(20,21)22)15(23-14)11-3-5-12(19)6-4-11/h3-8H,1-2H3,(H,23,24). The van der Waals surface area contributed by atoms with E-state index in [-0.39, 0.29) is 28.2 Å². The summed E-state index contributed by atoms with van der Waals surface area (Å²) in [6.07, 6.45) is -4.63. The van der Waals surface area contributed by atoms with Crippen molar-refractivity contribution in [2.24, 2.45) is 0 Å². The van der Waals surface area contributed by atoms with Gasteiger partial charge < -0.3 is 0 Å². The third kappa shape index (κ3) is 3.52. The molecule has 1 aromatic carbocycles. The monoisotopic (exact) mass is 395 g/mol. The molecule has 3 rings (SSSR count). The minimum atomic E-state index is -4.63. The lowest BCUT2D eigenvalue weighted by Gasteiger charge is -2.19. The quantitative estimate of drug-likeness (QED) is 0.780. The Kier molecular flexibility index (Phi) is 4.69. The van der Waals surface area contributed by atoms with E-state index in [4.69, 9.17) is 11.6 Å². The number of anilines is 1. The largest absolute Gasteiger partial charge is 0.418 e. The Hall–Kier alpha value is -2.87. The van der Waals surface area contributed by atoms with Crippen LogP contribution in [0.4, 0.5) is 19.0 Å². The van der Waals surface area contributed by atoms with Crippen LogP contribution < -0.4 is 5.43 Å². The van der Waals surface area contributed by atoms with Gasteiger partial charge in [-0.05, 0) is 38.1 Å². The Labute approximate surface area is 157 Å². The number of amides is 2. The van der Waals surface area contributed by atoms with Crippen molar-refractivity contribution in [2.45, 2.75) is 20.0 Å². The fourth-order valence-corrected chi connectivity index (χ4v) is 2.67. The molecule has 27 heavy (non-hydrogen) atoms. The molecule has 9 heteroatoms. The van der Waals surface area contributed by atoms with Gasteiger partial charge in [0.15, 0.2) is 0 Å². The maximum absolute atomic E-state index is 13.4. The Morgan fingerprint density at radius 3 is 2.04 bits per heavy atom. The number of rotatable bonds is 3. The summed E-state index contributed by atoms with van der Waals surface area (Å²) in [6, 6.07) is 7.62. The molecule has 2 amide bonds. The van der Waals surface area contributed by atoms with Crippen molar-refractivity contribution in [3.63, 3.8) is 0 Å². The van der Waals surface area contributed by atoms with E-state index < -0.39 is 23.6 Å². The lowest BCUT2D eigenvalue weighted by Crippen LogP contribution is -2.37. The molecule has 0 radical (unpaired) electrons. The highest BCUT2D eigenvalue weighted by Gasteiger charge is 2.36. The summed E-state index contributed by atoms with van der Waals surface area (Å²) >= 11 is 5.79. The number of benzene rings is 1. The molecule has 0 bridgehead atoms. The molecule has 140 valence electrons. The Morgan fingerprint density at radius 2 is 1.52 bits per heavy atom. The number of pyridine rings is 1. The van der Waals surface area contributed by atoms with E-state index in [9.17, 15) is 22.8 Å². The predicted molar refractivity (Wildman–Crippen MR) is 93.5 cm³/mol. The number of hydrazine groups is 1. The van der Waals surface area contributed by atoms with Crippen molar-refractivity contribution in [1.29, 1.82) is 0 Å². The zero-order valence-electron chi connectivity index (χ0n) is 14.2. The summed E-state index contributed by atoms with van der Waals surface area (Å²) in [5.74, 6) is -1.23. The average molecular weight is 396 g/mol. The molecule has 0 saturated heterocycles. The van der Waals surface area contributed by atoms with Gasteiger partial charge in [0.1, 0.15) is 5.82 Å². The van der Waals surface area contributed by atoms with Crippen LogP contribution in [0.25, 0.3) is 11.3 Å². The summed E-state index contributed by atoms with van der Waals surface area (Å²) in [6.45, 7) is 2.99. The number of nitrogens with zero attached hydrogens (tertiary/aromatic N) is 2. The topological polar surface area (TPSA) is 62.3 Å². The molecule has 0 fully saturated rings. The summed E-state index contributed by atoms with van der Waals surface area (Å²) < 4.78 is 40.1. The molecule has 2 aromatic rings. The highest BCUT2D eigenvalue weighted by atomic mass is 35.5. The zero-order valence-corrected chi connectivity index (χ0v) is 14.9. The number of carbonyl (C=O) groups is 2. The molecule has 1 aliphatic rings. The summed E-state index contributed by atoms with van der Waals surface area (Å²) in [5, 5.41) is 1.10. The molecule has 1 aromatic heterocycles. The molecule has 0 unspecified atom stereocenters. The maximum atomic E-state index is 13.4. The molecule has 0 spiro atoms. The number of alkyl halides is 3. The second kappa shape index (κ2) is 6.70. The molecular formula is C18H13ClF3N3O2. The van der Waals surface area contributed by atoms with Gasteiger partial charge in [0.25, 0.3) is 11.8 Å². The van der Waals surface area contributed by atoms with Gasteiger partial charge in [-0.15, -0.1) is 0 Å². The van der Waals surface area contributed by atoms with Gasteiger partial charge >= 0.3 is 6.18 Å². The highest BCUT2D eigenvalue weighted by molar-refractivity contribution is 6.30. The third-order valence-corrected chi connectivity index (χ3v) is 4.41. The number of halogens is 4. The van der Waals surface area contributed by atoms with Crippen molar-refractivity contribution in [3.8, 4) is 11.3 Å². The third-order valence-electron chi connectivity index (χ3n) is 4.15. The number of hydrogen-bond donors (Lipinski definition) is 1. The van der Waals surface area contributed by atoms with Crippen molar-refractivity contribution < 1.29 is 22.8 Å². The number of imide groups is 1. The molecule has 2 heterocycles. The summed E-state index contributed by atoms with van der Waals surface area (Å²) in [7, 11) is 0. The first kappa shape index (κ1) is 18.9. The molecule has 1 aliphatic heterocycles. The van der Waals surface area contributed by atoms with Crippen molar-refractivity contribution in [3.05, 3.63) is 58.1 Å². The van der Waals surface area contributed by atoms with Crippen LogP contribution in [0, 0.1) is 0 Å². The van der Waals surface area contributed by atoms with E-state index in [1.165, 1.54) is 38.1 Å². The van der Waals surface area contributed by atoms with Crippen LogP contribution >= 0.6 is 11.6 Å². The predicted octanol–water partition coefficient (Wildman–Crippen LogP) is 4.45. The maximum Gasteiger partial charge on any atom is 0.418 e. The number of nitrogens with one attached hydrogen (secondary N) is 1. The number of hydrogen-bond acceptors (Lipinski definition) is 4. The molecular weight excluding hydrogens is 383 g/mol. The van der Waals surface area contributed by atoms with Gasteiger partial charge in [-0.1, -0.05) is 23.7 Å². The first-order valence-electron chi connectivity index (χ1n) is 7.76. The molecule has 0 saturated carbocycles. The minimum Gasteiger partial charge on any atom is -0.271 e.